The van der Waals surface area contributed by atoms with Crippen molar-refractivity contribution in [2.24, 2.45) is 0 Å². The lowest BCUT2D eigenvalue weighted by Crippen LogP contribution is -2.47. The van der Waals surface area contributed by atoms with Crippen molar-refractivity contribution in [1.82, 2.24) is 4.90 Å². The molecule has 5 nitrogen and oxygen atoms in total. The Morgan fingerprint density at radius 3 is 1.00 bits per heavy atom. The van der Waals surface area contributed by atoms with Crippen LogP contribution in [0.15, 0.2) is 0 Å². The Morgan fingerprint density at radius 2 is 0.750 bits per heavy atom. The minimum absolute atomic E-state index is 0.263. The van der Waals surface area contributed by atoms with Crippen molar-refractivity contribution < 1.29 is 19.5 Å². The fourth-order valence-corrected chi connectivity index (χ4v) is 4.80. The fraction of sp³-hybridized carbons (Fsp3) is 0.903. The predicted molar refractivity (Wildman–Crippen MR) is 151 cm³/mol. The van der Waals surface area contributed by atoms with Gasteiger partial charge in [0.15, 0.2) is 0 Å². The lowest BCUT2D eigenvalue weighted by atomic mass is 10.0. The lowest BCUT2D eigenvalue weighted by molar-refractivity contribution is -0.157. The largest absolute Gasteiger partial charge is 0.480 e. The number of hydrogen-bond donors (Lipinski definition) is 1. The van der Waals surface area contributed by atoms with Gasteiger partial charge in [-0.2, -0.15) is 0 Å². The van der Waals surface area contributed by atoms with Gasteiger partial charge in [0.1, 0.15) is 6.04 Å². The summed E-state index contributed by atoms with van der Waals surface area (Å²) in [6, 6.07) is -1.09. The van der Waals surface area contributed by atoms with E-state index in [2.05, 4.69) is 13.8 Å². The van der Waals surface area contributed by atoms with Gasteiger partial charge >= 0.3 is 5.97 Å². The van der Waals surface area contributed by atoms with Crippen LogP contribution in [0.5, 0.6) is 0 Å². The topological polar surface area (TPSA) is 74.7 Å². The molecule has 1 atom stereocenters. The van der Waals surface area contributed by atoms with Crippen molar-refractivity contribution in [3.63, 3.8) is 0 Å². The standard InChI is InChI=1S/C31H59NO4/c1-4-6-8-10-12-14-16-18-20-22-24-26-29(33)32(28(3)31(35)36)30(34)27-25-23-21-19-17-15-13-11-9-7-5-2/h28H,4-27H2,1-3H3,(H,35,36)/t28-/m0/s1. The first kappa shape index (κ1) is 34.6. The van der Waals surface area contributed by atoms with Gasteiger partial charge in [0.2, 0.25) is 11.8 Å². The molecule has 0 unspecified atom stereocenters. The van der Waals surface area contributed by atoms with Crippen LogP contribution < -0.4 is 0 Å². The van der Waals surface area contributed by atoms with E-state index in [-0.39, 0.29) is 24.7 Å². The van der Waals surface area contributed by atoms with E-state index in [9.17, 15) is 19.5 Å². The molecular weight excluding hydrogens is 450 g/mol. The third kappa shape index (κ3) is 19.8. The molecule has 1 N–H and O–H groups in total. The van der Waals surface area contributed by atoms with Gasteiger partial charge in [0.25, 0.3) is 0 Å². The second kappa shape index (κ2) is 25.3. The zero-order chi connectivity index (χ0) is 26.9. The van der Waals surface area contributed by atoms with Gasteiger partial charge in [-0.25, -0.2) is 4.79 Å². The number of imide groups is 1. The van der Waals surface area contributed by atoms with E-state index >= 15 is 0 Å². The Morgan fingerprint density at radius 1 is 0.500 bits per heavy atom. The Bertz CT molecular complexity index is 511. The van der Waals surface area contributed by atoms with E-state index in [1.54, 1.807) is 0 Å². The maximum absolute atomic E-state index is 12.7. The summed E-state index contributed by atoms with van der Waals surface area (Å²) in [5.41, 5.74) is 0. The van der Waals surface area contributed by atoms with Crippen LogP contribution in [0, 0.1) is 0 Å². The molecule has 0 aromatic heterocycles. The van der Waals surface area contributed by atoms with Crippen LogP contribution in [0.1, 0.15) is 175 Å². The molecule has 0 saturated carbocycles. The van der Waals surface area contributed by atoms with Crippen LogP contribution in [-0.2, 0) is 14.4 Å². The summed E-state index contributed by atoms with van der Waals surface area (Å²) in [6.45, 7) is 5.92. The Labute approximate surface area is 223 Å². The smallest absolute Gasteiger partial charge is 0.326 e. The summed E-state index contributed by atoms with van der Waals surface area (Å²) in [6.07, 6.45) is 26.8. The minimum atomic E-state index is -1.12. The molecule has 0 bridgehead atoms. The van der Waals surface area contributed by atoms with E-state index in [0.29, 0.717) is 0 Å². The minimum Gasteiger partial charge on any atom is -0.480 e. The normalized spacial score (nSPS) is 12.0. The highest BCUT2D eigenvalue weighted by Crippen LogP contribution is 2.16. The van der Waals surface area contributed by atoms with Crippen LogP contribution in [0.25, 0.3) is 0 Å². The number of rotatable bonds is 26. The first-order valence-corrected chi connectivity index (χ1v) is 15.5. The molecule has 0 aliphatic heterocycles. The molecule has 5 heteroatoms. The maximum Gasteiger partial charge on any atom is 0.326 e. The molecular formula is C31H59NO4. The van der Waals surface area contributed by atoms with Gasteiger partial charge in [-0.05, 0) is 19.8 Å². The second-order valence-electron chi connectivity index (χ2n) is 10.7. The van der Waals surface area contributed by atoms with E-state index in [0.717, 1.165) is 43.4 Å². The summed E-state index contributed by atoms with van der Waals surface area (Å²) in [5, 5.41) is 9.42. The number of nitrogens with zero attached hydrogens (tertiary/aromatic N) is 1. The van der Waals surface area contributed by atoms with Crippen molar-refractivity contribution in [3.05, 3.63) is 0 Å². The van der Waals surface area contributed by atoms with Gasteiger partial charge in [0.05, 0.1) is 0 Å². The molecule has 212 valence electrons. The summed E-state index contributed by atoms with van der Waals surface area (Å²) in [5.74, 6) is -1.77. The molecule has 0 spiro atoms. The van der Waals surface area contributed by atoms with Crippen molar-refractivity contribution in [2.45, 2.75) is 181 Å². The van der Waals surface area contributed by atoms with Crippen LogP contribution >= 0.6 is 0 Å². The quantitative estimate of drug-likeness (QED) is 0.118. The molecule has 0 saturated heterocycles. The molecule has 36 heavy (non-hydrogen) atoms. The summed E-state index contributed by atoms with van der Waals surface area (Å²) in [7, 11) is 0. The van der Waals surface area contributed by atoms with Crippen molar-refractivity contribution in [2.75, 3.05) is 0 Å². The van der Waals surface area contributed by atoms with E-state index < -0.39 is 12.0 Å². The third-order valence-electron chi connectivity index (χ3n) is 7.27. The zero-order valence-corrected chi connectivity index (χ0v) is 24.2. The second-order valence-corrected chi connectivity index (χ2v) is 10.7. The Hall–Kier alpha value is -1.39. The molecule has 2 amide bonds. The van der Waals surface area contributed by atoms with Crippen LogP contribution in [0.4, 0.5) is 0 Å². The van der Waals surface area contributed by atoms with Gasteiger partial charge in [-0.15, -0.1) is 0 Å². The predicted octanol–water partition coefficient (Wildman–Crippen LogP) is 9.22. The number of unbranched alkanes of at least 4 members (excludes halogenated alkanes) is 20. The Balaban J connectivity index is 4.05. The molecule has 0 rings (SSSR count). The highest BCUT2D eigenvalue weighted by Gasteiger charge is 2.30. The first-order chi connectivity index (χ1) is 17.5. The van der Waals surface area contributed by atoms with Crippen molar-refractivity contribution in [1.29, 1.82) is 0 Å². The first-order valence-electron chi connectivity index (χ1n) is 15.5. The number of amides is 2. The number of carbonyl (C=O) groups excluding carboxylic acids is 2. The molecule has 0 aromatic rings. The number of aliphatic carboxylic acids is 1. The van der Waals surface area contributed by atoms with E-state index in [4.69, 9.17) is 0 Å². The van der Waals surface area contributed by atoms with Crippen molar-refractivity contribution >= 4 is 17.8 Å². The van der Waals surface area contributed by atoms with Crippen LogP contribution in [-0.4, -0.2) is 33.8 Å². The van der Waals surface area contributed by atoms with E-state index in [1.807, 2.05) is 0 Å². The lowest BCUT2D eigenvalue weighted by Gasteiger charge is -2.25. The van der Waals surface area contributed by atoms with Crippen LogP contribution in [0.3, 0.4) is 0 Å². The number of carbonyl (C=O) groups is 3. The molecule has 0 aromatic carbocycles. The van der Waals surface area contributed by atoms with Gasteiger partial charge < -0.3 is 5.11 Å². The molecule has 0 aliphatic carbocycles. The monoisotopic (exact) mass is 509 g/mol. The zero-order valence-electron chi connectivity index (χ0n) is 24.2. The number of carboxylic acid groups (broad SMARTS) is 1. The maximum atomic E-state index is 12.7. The van der Waals surface area contributed by atoms with Gasteiger partial charge in [0, 0.05) is 12.8 Å². The average Bonchev–Trinajstić information content (AvgIpc) is 2.85. The highest BCUT2D eigenvalue weighted by molar-refractivity contribution is 5.99. The molecule has 0 radical (unpaired) electrons. The van der Waals surface area contributed by atoms with E-state index in [1.165, 1.54) is 110 Å². The average molecular weight is 510 g/mol. The Kier molecular flexibility index (Phi) is 24.3. The van der Waals surface area contributed by atoms with Gasteiger partial charge in [-0.3, -0.25) is 14.5 Å². The molecule has 0 aliphatic rings. The molecule has 0 heterocycles. The summed E-state index contributed by atoms with van der Waals surface area (Å²) >= 11 is 0. The third-order valence-corrected chi connectivity index (χ3v) is 7.27. The fourth-order valence-electron chi connectivity index (χ4n) is 4.80. The van der Waals surface area contributed by atoms with Crippen molar-refractivity contribution in [3.8, 4) is 0 Å². The SMILES string of the molecule is CCCCCCCCCCCCCC(=O)N(C(=O)CCCCCCCCCCCCC)[C@@H](C)C(=O)O. The number of hydrogen-bond acceptors (Lipinski definition) is 3. The summed E-state index contributed by atoms with van der Waals surface area (Å²) in [4.78, 5) is 38.0. The molecule has 0 fully saturated rings. The highest BCUT2D eigenvalue weighted by atomic mass is 16.4. The summed E-state index contributed by atoms with van der Waals surface area (Å²) < 4.78 is 0. The number of carboxylic acids is 1. The van der Waals surface area contributed by atoms with Crippen LogP contribution in [0.2, 0.25) is 0 Å². The van der Waals surface area contributed by atoms with Gasteiger partial charge in [-0.1, -0.05) is 142 Å².